The molecule has 2 atom stereocenters. The molecule has 0 radical (unpaired) electrons. The van der Waals surface area contributed by atoms with E-state index in [0.29, 0.717) is 10.9 Å². The van der Waals surface area contributed by atoms with Gasteiger partial charge in [-0.1, -0.05) is 60.1 Å². The summed E-state index contributed by atoms with van der Waals surface area (Å²) in [5.74, 6) is -1.89. The van der Waals surface area contributed by atoms with Gasteiger partial charge < -0.3 is 14.7 Å². The molecule has 1 aromatic heterocycles. The van der Waals surface area contributed by atoms with Gasteiger partial charge >= 0.3 is 12.1 Å². The van der Waals surface area contributed by atoms with Gasteiger partial charge in [-0.3, -0.25) is 4.79 Å². The van der Waals surface area contributed by atoms with Gasteiger partial charge in [-0.15, -0.1) is 11.3 Å². The van der Waals surface area contributed by atoms with Crippen LogP contribution in [0.25, 0.3) is 11.1 Å². The van der Waals surface area contributed by atoms with Crippen molar-refractivity contribution in [1.82, 2.24) is 4.90 Å². The van der Waals surface area contributed by atoms with E-state index in [1.54, 1.807) is 6.07 Å². The van der Waals surface area contributed by atoms with Gasteiger partial charge in [0.05, 0.1) is 10.3 Å². The molecule has 3 aromatic rings. The molecular formula is C24H20ClNO4S. The largest absolute Gasteiger partial charge is 0.481 e. The van der Waals surface area contributed by atoms with Gasteiger partial charge in [-0.2, -0.15) is 0 Å². The van der Waals surface area contributed by atoms with Crippen LogP contribution in [0.4, 0.5) is 4.79 Å². The lowest BCUT2D eigenvalue weighted by atomic mass is 9.95. The minimum Gasteiger partial charge on any atom is -0.481 e. The monoisotopic (exact) mass is 453 g/mol. The molecule has 2 aliphatic rings. The summed E-state index contributed by atoms with van der Waals surface area (Å²) in [6.07, 6.45) is -0.474. The average Bonchev–Trinajstić information content (AvgIpc) is 3.47. The zero-order valence-corrected chi connectivity index (χ0v) is 18.1. The number of halogens is 1. The van der Waals surface area contributed by atoms with E-state index in [1.165, 1.54) is 27.4 Å². The van der Waals surface area contributed by atoms with Gasteiger partial charge in [0.25, 0.3) is 0 Å². The van der Waals surface area contributed by atoms with Crippen molar-refractivity contribution in [3.05, 3.63) is 81.0 Å². The first-order valence-electron chi connectivity index (χ1n) is 10.1. The van der Waals surface area contributed by atoms with Crippen molar-refractivity contribution in [3.8, 4) is 11.1 Å². The van der Waals surface area contributed by atoms with Crippen LogP contribution in [0.1, 0.15) is 27.8 Å². The molecule has 1 N–H and O–H groups in total. The maximum absolute atomic E-state index is 12.9. The number of amides is 1. The maximum Gasteiger partial charge on any atom is 0.409 e. The van der Waals surface area contributed by atoms with E-state index in [1.807, 2.05) is 30.3 Å². The van der Waals surface area contributed by atoms with E-state index in [9.17, 15) is 14.7 Å². The highest BCUT2D eigenvalue weighted by atomic mass is 35.5. The Bertz CT molecular complexity index is 1110. The minimum absolute atomic E-state index is 0.0267. The first-order valence-corrected chi connectivity index (χ1v) is 11.3. The molecule has 7 heteroatoms. The van der Waals surface area contributed by atoms with Gasteiger partial charge in [-0.05, 0) is 34.4 Å². The number of carboxylic acid groups (broad SMARTS) is 1. The minimum atomic E-state index is -0.913. The zero-order chi connectivity index (χ0) is 21.5. The molecule has 0 spiro atoms. The normalized spacial score (nSPS) is 19.8. The molecule has 2 heterocycles. The molecular weight excluding hydrogens is 434 g/mol. The number of carbonyl (C=O) groups excluding carboxylic acids is 1. The highest BCUT2D eigenvalue weighted by Crippen LogP contribution is 2.45. The number of hydrogen-bond acceptors (Lipinski definition) is 4. The second-order valence-electron chi connectivity index (χ2n) is 7.90. The van der Waals surface area contributed by atoms with Crippen molar-refractivity contribution in [2.45, 2.75) is 11.8 Å². The Hall–Kier alpha value is -2.83. The number of benzene rings is 2. The van der Waals surface area contributed by atoms with Crippen LogP contribution in [0.15, 0.2) is 60.7 Å². The Morgan fingerprint density at radius 1 is 1.00 bits per heavy atom. The van der Waals surface area contributed by atoms with Gasteiger partial charge in [0.1, 0.15) is 6.61 Å². The van der Waals surface area contributed by atoms with Crippen LogP contribution in [0.5, 0.6) is 0 Å². The molecule has 31 heavy (non-hydrogen) atoms. The van der Waals surface area contributed by atoms with Crippen LogP contribution >= 0.6 is 22.9 Å². The number of nitrogens with zero attached hydrogens (tertiary/aromatic N) is 1. The molecule has 2 unspecified atom stereocenters. The fraction of sp³-hybridized carbons (Fsp3) is 0.250. The van der Waals surface area contributed by atoms with Gasteiger partial charge in [0, 0.05) is 29.8 Å². The second kappa shape index (κ2) is 8.02. The molecule has 1 aliphatic heterocycles. The zero-order valence-electron chi connectivity index (χ0n) is 16.5. The van der Waals surface area contributed by atoms with Gasteiger partial charge in [0.2, 0.25) is 0 Å². The van der Waals surface area contributed by atoms with Crippen LogP contribution in [0, 0.1) is 5.92 Å². The van der Waals surface area contributed by atoms with Crippen molar-refractivity contribution in [1.29, 1.82) is 0 Å². The third-order valence-corrected chi connectivity index (χ3v) is 7.55. The lowest BCUT2D eigenvalue weighted by Gasteiger charge is -2.19. The van der Waals surface area contributed by atoms with Gasteiger partial charge in [0.15, 0.2) is 0 Å². The number of hydrogen-bond donors (Lipinski definition) is 1. The molecule has 1 aliphatic carbocycles. The highest BCUT2D eigenvalue weighted by Gasteiger charge is 2.42. The predicted molar refractivity (Wildman–Crippen MR) is 120 cm³/mol. The average molecular weight is 454 g/mol. The molecule has 1 amide bonds. The fourth-order valence-electron chi connectivity index (χ4n) is 4.70. The molecule has 0 saturated carbocycles. The van der Waals surface area contributed by atoms with E-state index in [2.05, 4.69) is 24.3 Å². The summed E-state index contributed by atoms with van der Waals surface area (Å²) in [6.45, 7) is 0.660. The van der Waals surface area contributed by atoms with Crippen molar-refractivity contribution in [2.75, 3.05) is 19.7 Å². The Labute approximate surface area is 188 Å². The number of aliphatic carboxylic acids is 1. The van der Waals surface area contributed by atoms with Crippen LogP contribution in [0.3, 0.4) is 0 Å². The summed E-state index contributed by atoms with van der Waals surface area (Å²) in [7, 11) is 0. The third-order valence-electron chi connectivity index (χ3n) is 6.19. The standard InChI is InChI=1S/C24H20ClNO4S/c25-22-10-9-21(31-22)18-11-26(12-19(18)23(27)28)24(29)30-13-20-16-7-3-1-5-14(16)15-6-2-4-8-17(15)20/h1-10,18-20H,11-13H2,(H,27,28). The number of rotatable bonds is 4. The quantitative estimate of drug-likeness (QED) is 0.570. The first kappa shape index (κ1) is 20.1. The Morgan fingerprint density at radius 3 is 2.23 bits per heavy atom. The van der Waals surface area contributed by atoms with Crippen LogP contribution in [-0.2, 0) is 9.53 Å². The smallest absolute Gasteiger partial charge is 0.409 e. The topological polar surface area (TPSA) is 66.8 Å². The lowest BCUT2D eigenvalue weighted by molar-refractivity contribution is -0.141. The van der Waals surface area contributed by atoms with Crippen LogP contribution < -0.4 is 0 Å². The lowest BCUT2D eigenvalue weighted by Crippen LogP contribution is -2.31. The molecule has 1 saturated heterocycles. The molecule has 2 aromatic carbocycles. The summed E-state index contributed by atoms with van der Waals surface area (Å²) in [5, 5.41) is 9.67. The molecule has 1 fully saturated rings. The van der Waals surface area contributed by atoms with Crippen molar-refractivity contribution in [3.63, 3.8) is 0 Å². The van der Waals surface area contributed by atoms with Crippen molar-refractivity contribution < 1.29 is 19.4 Å². The van der Waals surface area contributed by atoms with E-state index in [4.69, 9.17) is 16.3 Å². The van der Waals surface area contributed by atoms with E-state index < -0.39 is 18.0 Å². The van der Waals surface area contributed by atoms with E-state index in [-0.39, 0.29) is 25.0 Å². The summed E-state index contributed by atoms with van der Waals surface area (Å²) in [4.78, 5) is 27.0. The number of thiophene rings is 1. The SMILES string of the molecule is O=C(O)C1CN(C(=O)OCC2c3ccccc3-c3ccccc32)CC1c1ccc(Cl)s1. The Morgan fingerprint density at radius 2 is 1.65 bits per heavy atom. The number of fused-ring (bicyclic) bond motifs is 3. The third kappa shape index (κ3) is 3.60. The number of likely N-dealkylation sites (tertiary alicyclic amines) is 1. The first-order chi connectivity index (χ1) is 15.0. The fourth-order valence-corrected chi connectivity index (χ4v) is 5.92. The summed E-state index contributed by atoms with van der Waals surface area (Å²) in [5.41, 5.74) is 4.63. The molecule has 5 nitrogen and oxygen atoms in total. The molecule has 5 rings (SSSR count). The number of carbonyl (C=O) groups is 2. The van der Waals surface area contributed by atoms with Gasteiger partial charge in [-0.25, -0.2) is 4.79 Å². The number of ether oxygens (including phenoxy) is 1. The molecule has 0 bridgehead atoms. The summed E-state index contributed by atoms with van der Waals surface area (Å²) < 4.78 is 6.32. The Balaban J connectivity index is 1.32. The number of carboxylic acids is 1. The van der Waals surface area contributed by atoms with E-state index in [0.717, 1.165) is 16.0 Å². The highest BCUT2D eigenvalue weighted by molar-refractivity contribution is 7.16. The summed E-state index contributed by atoms with van der Waals surface area (Å²) in [6, 6.07) is 19.9. The molecule has 158 valence electrons. The predicted octanol–water partition coefficient (Wildman–Crippen LogP) is 5.45. The van der Waals surface area contributed by atoms with Crippen LogP contribution in [-0.4, -0.2) is 41.8 Å². The van der Waals surface area contributed by atoms with Crippen molar-refractivity contribution in [2.24, 2.45) is 5.92 Å². The van der Waals surface area contributed by atoms with Crippen LogP contribution in [0.2, 0.25) is 4.34 Å². The maximum atomic E-state index is 12.9. The second-order valence-corrected chi connectivity index (χ2v) is 9.65. The van der Waals surface area contributed by atoms with Crippen molar-refractivity contribution >= 4 is 35.0 Å². The Kier molecular flexibility index (Phi) is 5.20. The van der Waals surface area contributed by atoms with E-state index >= 15 is 0 Å². The summed E-state index contributed by atoms with van der Waals surface area (Å²) >= 11 is 7.40.